The van der Waals surface area contributed by atoms with Gasteiger partial charge in [-0.05, 0) is 39.3 Å². The van der Waals surface area contributed by atoms with Crippen LogP contribution in [0.1, 0.15) is 25.7 Å². The highest BCUT2D eigenvalue weighted by Gasteiger charge is 2.48. The third kappa shape index (κ3) is 1.39. The lowest BCUT2D eigenvalue weighted by Gasteiger charge is -2.34. The zero-order valence-corrected chi connectivity index (χ0v) is 8.42. The summed E-state index contributed by atoms with van der Waals surface area (Å²) in [5.74, 6) is 0. The van der Waals surface area contributed by atoms with Crippen molar-refractivity contribution < 1.29 is 5.11 Å². The molecule has 2 rings (SSSR count). The summed E-state index contributed by atoms with van der Waals surface area (Å²) in [5.41, 5.74) is 0.391. The van der Waals surface area contributed by atoms with Gasteiger partial charge in [0.25, 0.3) is 0 Å². The lowest BCUT2D eigenvalue weighted by Crippen LogP contribution is -2.49. The summed E-state index contributed by atoms with van der Waals surface area (Å²) in [6.45, 7) is 2.61. The Labute approximate surface area is 80.1 Å². The van der Waals surface area contributed by atoms with Crippen molar-refractivity contribution >= 4 is 0 Å². The molecular formula is C10H20N2O. The van der Waals surface area contributed by atoms with E-state index in [1.54, 1.807) is 0 Å². The number of rotatable bonds is 3. The average molecular weight is 184 g/mol. The van der Waals surface area contributed by atoms with Crippen LogP contribution in [0, 0.1) is 0 Å². The zero-order chi connectivity index (χ0) is 9.31. The number of nitrogens with zero attached hydrogens (tertiary/aromatic N) is 1. The van der Waals surface area contributed by atoms with E-state index in [1.165, 1.54) is 32.2 Å². The Morgan fingerprint density at radius 2 is 2.38 bits per heavy atom. The van der Waals surface area contributed by atoms with Gasteiger partial charge in [0.2, 0.25) is 0 Å². The molecule has 0 saturated carbocycles. The van der Waals surface area contributed by atoms with Crippen molar-refractivity contribution in [2.45, 2.75) is 37.3 Å². The first-order valence-electron chi connectivity index (χ1n) is 5.34. The van der Waals surface area contributed by atoms with Crippen LogP contribution in [0.25, 0.3) is 0 Å². The van der Waals surface area contributed by atoms with Gasteiger partial charge in [-0.25, -0.2) is 0 Å². The van der Waals surface area contributed by atoms with Crippen LogP contribution in [-0.4, -0.2) is 48.3 Å². The van der Waals surface area contributed by atoms with Crippen LogP contribution in [-0.2, 0) is 0 Å². The Bertz CT molecular complexity index is 186. The van der Waals surface area contributed by atoms with Crippen LogP contribution in [0.15, 0.2) is 0 Å². The van der Waals surface area contributed by atoms with E-state index < -0.39 is 0 Å². The number of hydrogen-bond donors (Lipinski definition) is 2. The molecule has 2 saturated heterocycles. The van der Waals surface area contributed by atoms with E-state index in [-0.39, 0.29) is 0 Å². The lowest BCUT2D eigenvalue weighted by molar-refractivity contribution is 0.106. The second kappa shape index (κ2) is 3.56. The van der Waals surface area contributed by atoms with Gasteiger partial charge in [-0.1, -0.05) is 0 Å². The molecule has 2 aliphatic heterocycles. The SMILES string of the molecule is CNCC12CCCN1C(CO)CC2. The minimum atomic E-state index is 0.339. The molecule has 2 unspecified atom stereocenters. The van der Waals surface area contributed by atoms with Crippen molar-refractivity contribution in [2.75, 3.05) is 26.7 Å². The normalized spacial score (nSPS) is 39.7. The summed E-state index contributed by atoms with van der Waals surface area (Å²) < 4.78 is 0. The Kier molecular flexibility index (Phi) is 2.58. The Morgan fingerprint density at radius 3 is 3.08 bits per heavy atom. The topological polar surface area (TPSA) is 35.5 Å². The predicted molar refractivity (Wildman–Crippen MR) is 52.7 cm³/mol. The van der Waals surface area contributed by atoms with Gasteiger partial charge in [-0.2, -0.15) is 0 Å². The minimum Gasteiger partial charge on any atom is -0.395 e. The average Bonchev–Trinajstić information content (AvgIpc) is 2.62. The predicted octanol–water partition coefficient (Wildman–Crippen LogP) is 0.195. The highest BCUT2D eigenvalue weighted by Crippen LogP contribution is 2.41. The fraction of sp³-hybridized carbons (Fsp3) is 1.00. The van der Waals surface area contributed by atoms with Gasteiger partial charge in [0.15, 0.2) is 0 Å². The van der Waals surface area contributed by atoms with Crippen LogP contribution in [0.5, 0.6) is 0 Å². The molecule has 2 fully saturated rings. The largest absolute Gasteiger partial charge is 0.395 e. The summed E-state index contributed by atoms with van der Waals surface area (Å²) in [4.78, 5) is 2.53. The smallest absolute Gasteiger partial charge is 0.0587 e. The molecule has 2 N–H and O–H groups in total. The van der Waals surface area contributed by atoms with E-state index in [4.69, 9.17) is 0 Å². The van der Waals surface area contributed by atoms with Crippen LogP contribution in [0.3, 0.4) is 0 Å². The van der Waals surface area contributed by atoms with Crippen LogP contribution >= 0.6 is 0 Å². The van der Waals surface area contributed by atoms with Gasteiger partial charge < -0.3 is 10.4 Å². The maximum absolute atomic E-state index is 9.23. The van der Waals surface area contributed by atoms with Crippen molar-refractivity contribution in [3.05, 3.63) is 0 Å². The van der Waals surface area contributed by atoms with Gasteiger partial charge in [-0.3, -0.25) is 4.90 Å². The Balaban J connectivity index is 2.09. The van der Waals surface area contributed by atoms with E-state index in [0.717, 1.165) is 6.54 Å². The van der Waals surface area contributed by atoms with Crippen molar-refractivity contribution in [1.29, 1.82) is 0 Å². The molecule has 0 aromatic rings. The van der Waals surface area contributed by atoms with Gasteiger partial charge in [0.05, 0.1) is 6.61 Å². The standard InChI is InChI=1S/C10H20N2O/c1-11-8-10-4-2-6-12(10)9(7-13)3-5-10/h9,11,13H,2-8H2,1H3. The number of hydrogen-bond acceptors (Lipinski definition) is 3. The maximum Gasteiger partial charge on any atom is 0.0587 e. The van der Waals surface area contributed by atoms with Crippen molar-refractivity contribution in [2.24, 2.45) is 0 Å². The molecule has 13 heavy (non-hydrogen) atoms. The number of fused-ring (bicyclic) bond motifs is 1. The molecule has 3 nitrogen and oxygen atoms in total. The molecule has 2 heterocycles. The zero-order valence-electron chi connectivity index (χ0n) is 8.42. The van der Waals surface area contributed by atoms with E-state index in [9.17, 15) is 5.11 Å². The van der Waals surface area contributed by atoms with E-state index in [2.05, 4.69) is 10.2 Å². The minimum absolute atomic E-state index is 0.339. The summed E-state index contributed by atoms with van der Waals surface area (Å²) in [6, 6.07) is 0.441. The van der Waals surface area contributed by atoms with E-state index in [1.807, 2.05) is 7.05 Å². The molecule has 0 aliphatic carbocycles. The molecule has 2 aliphatic rings. The molecule has 0 aromatic heterocycles. The first-order valence-corrected chi connectivity index (χ1v) is 5.34. The molecule has 0 amide bonds. The molecule has 0 spiro atoms. The van der Waals surface area contributed by atoms with E-state index >= 15 is 0 Å². The number of aliphatic hydroxyl groups is 1. The van der Waals surface area contributed by atoms with Crippen LogP contribution in [0.4, 0.5) is 0 Å². The van der Waals surface area contributed by atoms with Gasteiger partial charge in [0, 0.05) is 18.1 Å². The van der Waals surface area contributed by atoms with Crippen molar-refractivity contribution in [1.82, 2.24) is 10.2 Å². The number of nitrogens with one attached hydrogen (secondary N) is 1. The summed E-state index contributed by atoms with van der Waals surface area (Å²) in [6.07, 6.45) is 5.06. The first-order chi connectivity index (χ1) is 6.32. The van der Waals surface area contributed by atoms with E-state index in [0.29, 0.717) is 18.2 Å². The molecule has 76 valence electrons. The first kappa shape index (κ1) is 9.44. The summed E-state index contributed by atoms with van der Waals surface area (Å²) in [5, 5.41) is 12.5. The highest BCUT2D eigenvalue weighted by molar-refractivity contribution is 5.05. The number of aliphatic hydroxyl groups excluding tert-OH is 1. The molecule has 0 aromatic carbocycles. The van der Waals surface area contributed by atoms with Gasteiger partial charge in [-0.15, -0.1) is 0 Å². The molecule has 3 heteroatoms. The quantitative estimate of drug-likeness (QED) is 0.657. The highest BCUT2D eigenvalue weighted by atomic mass is 16.3. The molecular weight excluding hydrogens is 164 g/mol. The monoisotopic (exact) mass is 184 g/mol. The third-order valence-corrected chi connectivity index (χ3v) is 3.75. The van der Waals surface area contributed by atoms with Gasteiger partial charge in [0.1, 0.15) is 0 Å². The maximum atomic E-state index is 9.23. The van der Waals surface area contributed by atoms with Crippen LogP contribution in [0.2, 0.25) is 0 Å². The second-order valence-corrected chi connectivity index (χ2v) is 4.43. The second-order valence-electron chi connectivity index (χ2n) is 4.43. The Hall–Kier alpha value is -0.120. The summed E-state index contributed by atoms with van der Waals surface area (Å²) in [7, 11) is 2.03. The summed E-state index contributed by atoms with van der Waals surface area (Å²) >= 11 is 0. The molecule has 0 radical (unpaired) electrons. The third-order valence-electron chi connectivity index (χ3n) is 3.75. The van der Waals surface area contributed by atoms with Crippen LogP contribution < -0.4 is 5.32 Å². The Morgan fingerprint density at radius 1 is 1.54 bits per heavy atom. The lowest BCUT2D eigenvalue weighted by atomic mass is 9.94. The fourth-order valence-electron chi connectivity index (χ4n) is 3.19. The molecule has 2 atom stereocenters. The van der Waals surface area contributed by atoms with Crippen molar-refractivity contribution in [3.63, 3.8) is 0 Å². The molecule has 0 bridgehead atoms. The fourth-order valence-corrected chi connectivity index (χ4v) is 3.19. The number of likely N-dealkylation sites (N-methyl/N-ethyl adjacent to an activating group) is 1. The van der Waals surface area contributed by atoms with Gasteiger partial charge >= 0.3 is 0 Å². The van der Waals surface area contributed by atoms with Crippen molar-refractivity contribution in [3.8, 4) is 0 Å².